The molecule has 22 heavy (non-hydrogen) atoms. The van der Waals surface area contributed by atoms with Crippen LogP contribution in [0.1, 0.15) is 30.9 Å². The van der Waals surface area contributed by atoms with Crippen molar-refractivity contribution >= 4 is 11.8 Å². The molecule has 0 spiro atoms. The Bertz CT molecular complexity index is 683. The summed E-state index contributed by atoms with van der Waals surface area (Å²) in [5.74, 6) is 2.01. The SMILES string of the molecule is CC(F)(F)[C@@]1(C#CC2CC2)OC(=O)Nc2cc(CO)ccc21. The molecule has 1 amide bonds. The summed E-state index contributed by atoms with van der Waals surface area (Å²) in [6.45, 7) is 0.435. The summed E-state index contributed by atoms with van der Waals surface area (Å²) in [6, 6.07) is 4.38. The lowest BCUT2D eigenvalue weighted by Crippen LogP contribution is -2.50. The smallest absolute Gasteiger partial charge is 0.413 e. The number of cyclic esters (lactones) is 1. The van der Waals surface area contributed by atoms with Crippen LogP contribution in [0.4, 0.5) is 19.3 Å². The van der Waals surface area contributed by atoms with Crippen molar-refractivity contribution in [2.75, 3.05) is 5.32 Å². The van der Waals surface area contributed by atoms with Gasteiger partial charge in [0.05, 0.1) is 12.3 Å². The Kier molecular flexibility index (Phi) is 3.33. The topological polar surface area (TPSA) is 58.6 Å². The number of amides is 1. The van der Waals surface area contributed by atoms with Gasteiger partial charge in [-0.3, -0.25) is 5.32 Å². The third kappa shape index (κ3) is 2.42. The lowest BCUT2D eigenvalue weighted by atomic mass is 9.85. The van der Waals surface area contributed by atoms with E-state index in [0.717, 1.165) is 12.8 Å². The second-order valence-corrected chi connectivity index (χ2v) is 5.67. The van der Waals surface area contributed by atoms with Gasteiger partial charge < -0.3 is 9.84 Å². The van der Waals surface area contributed by atoms with Crippen LogP contribution in [0.3, 0.4) is 0 Å². The Labute approximate surface area is 126 Å². The van der Waals surface area contributed by atoms with E-state index in [1.807, 2.05) is 0 Å². The van der Waals surface area contributed by atoms with Crippen molar-refractivity contribution in [3.8, 4) is 11.8 Å². The molecule has 2 aliphatic rings. The fourth-order valence-electron chi connectivity index (χ4n) is 2.39. The molecule has 0 unspecified atom stereocenters. The second kappa shape index (κ2) is 4.96. The first kappa shape index (κ1) is 14.8. The number of fused-ring (bicyclic) bond motifs is 1. The van der Waals surface area contributed by atoms with Gasteiger partial charge in [-0.05, 0) is 30.4 Å². The van der Waals surface area contributed by atoms with Gasteiger partial charge in [0.25, 0.3) is 11.5 Å². The predicted molar refractivity (Wildman–Crippen MR) is 75.3 cm³/mol. The van der Waals surface area contributed by atoms with Gasteiger partial charge in [0.1, 0.15) is 0 Å². The maximum atomic E-state index is 14.3. The van der Waals surface area contributed by atoms with Crippen LogP contribution in [0.5, 0.6) is 0 Å². The standard InChI is InChI=1S/C16H15F2NO3/c1-15(17,18)16(7-6-10-2-3-10)12-5-4-11(9-20)8-13(12)19-14(21)22-16/h4-5,8,10,20H,2-3,9H2,1H3,(H,19,21)/t16-/m0/s1. The molecule has 4 nitrogen and oxygen atoms in total. The highest BCUT2D eigenvalue weighted by Crippen LogP contribution is 2.46. The molecule has 0 saturated heterocycles. The van der Waals surface area contributed by atoms with E-state index < -0.39 is 17.6 Å². The maximum Gasteiger partial charge on any atom is 0.413 e. The first-order chi connectivity index (χ1) is 10.4. The number of halogens is 2. The number of hydrogen-bond donors (Lipinski definition) is 2. The zero-order chi connectivity index (χ0) is 16.0. The normalized spacial score (nSPS) is 23.7. The summed E-state index contributed by atoms with van der Waals surface area (Å²) >= 11 is 0. The Balaban J connectivity index is 2.18. The molecule has 1 aliphatic carbocycles. The summed E-state index contributed by atoms with van der Waals surface area (Å²) < 4.78 is 33.6. The number of carbonyl (C=O) groups excluding carboxylic acids is 1. The molecule has 0 bridgehead atoms. The first-order valence-corrected chi connectivity index (χ1v) is 7.00. The van der Waals surface area contributed by atoms with Crippen LogP contribution in [0, 0.1) is 17.8 Å². The van der Waals surface area contributed by atoms with Gasteiger partial charge in [-0.25, -0.2) is 13.6 Å². The first-order valence-electron chi connectivity index (χ1n) is 7.00. The molecular weight excluding hydrogens is 292 g/mol. The Morgan fingerprint density at radius 1 is 1.50 bits per heavy atom. The highest BCUT2D eigenvalue weighted by Gasteiger charge is 2.57. The maximum absolute atomic E-state index is 14.3. The van der Waals surface area contributed by atoms with Crippen molar-refractivity contribution < 1.29 is 23.4 Å². The predicted octanol–water partition coefficient (Wildman–Crippen LogP) is 3.00. The minimum atomic E-state index is -3.37. The van der Waals surface area contributed by atoms with Crippen LogP contribution in [-0.4, -0.2) is 17.1 Å². The van der Waals surface area contributed by atoms with Gasteiger partial charge in [-0.1, -0.05) is 18.1 Å². The number of anilines is 1. The fourth-order valence-corrected chi connectivity index (χ4v) is 2.39. The highest BCUT2D eigenvalue weighted by atomic mass is 19.3. The third-order valence-electron chi connectivity index (χ3n) is 3.78. The highest BCUT2D eigenvalue weighted by molar-refractivity contribution is 5.90. The van der Waals surface area contributed by atoms with Crippen LogP contribution in [0.2, 0.25) is 0 Å². The molecule has 1 fully saturated rings. The van der Waals surface area contributed by atoms with Crippen LogP contribution in [0.25, 0.3) is 0 Å². The zero-order valence-electron chi connectivity index (χ0n) is 12.0. The monoisotopic (exact) mass is 307 g/mol. The van der Waals surface area contributed by atoms with E-state index in [9.17, 15) is 13.6 Å². The molecule has 6 heteroatoms. The van der Waals surface area contributed by atoms with E-state index in [4.69, 9.17) is 9.84 Å². The molecule has 1 aliphatic heterocycles. The molecule has 1 saturated carbocycles. The molecule has 1 aromatic rings. The zero-order valence-corrected chi connectivity index (χ0v) is 12.0. The van der Waals surface area contributed by atoms with Crippen molar-refractivity contribution in [1.82, 2.24) is 0 Å². The minimum absolute atomic E-state index is 0.0907. The largest absolute Gasteiger partial charge is 0.418 e. The Morgan fingerprint density at radius 3 is 2.82 bits per heavy atom. The lowest BCUT2D eigenvalue weighted by Gasteiger charge is -2.38. The van der Waals surface area contributed by atoms with Crippen molar-refractivity contribution in [3.63, 3.8) is 0 Å². The third-order valence-corrected chi connectivity index (χ3v) is 3.78. The number of aliphatic hydroxyl groups is 1. The van der Waals surface area contributed by atoms with Crippen LogP contribution >= 0.6 is 0 Å². The summed E-state index contributed by atoms with van der Waals surface area (Å²) in [5, 5.41) is 11.6. The molecule has 1 aromatic carbocycles. The van der Waals surface area contributed by atoms with E-state index in [2.05, 4.69) is 17.2 Å². The van der Waals surface area contributed by atoms with Gasteiger partial charge in [-0.2, -0.15) is 0 Å². The van der Waals surface area contributed by atoms with Crippen molar-refractivity contribution in [2.45, 2.75) is 37.9 Å². The van der Waals surface area contributed by atoms with Crippen LogP contribution in [-0.2, 0) is 16.9 Å². The molecule has 2 N–H and O–H groups in total. The van der Waals surface area contributed by atoms with Crippen molar-refractivity contribution in [3.05, 3.63) is 29.3 Å². The van der Waals surface area contributed by atoms with E-state index in [1.165, 1.54) is 18.2 Å². The average molecular weight is 307 g/mol. The Hall–Kier alpha value is -2.13. The van der Waals surface area contributed by atoms with Crippen LogP contribution in [0.15, 0.2) is 18.2 Å². The fraction of sp³-hybridized carbons (Fsp3) is 0.438. The molecule has 3 rings (SSSR count). The number of hydrogen-bond acceptors (Lipinski definition) is 3. The van der Waals surface area contributed by atoms with Gasteiger partial charge in [0.15, 0.2) is 0 Å². The van der Waals surface area contributed by atoms with Crippen molar-refractivity contribution in [1.29, 1.82) is 0 Å². The minimum Gasteiger partial charge on any atom is -0.418 e. The molecule has 0 aromatic heterocycles. The number of ether oxygens (including phenoxy) is 1. The molecule has 0 radical (unpaired) electrons. The average Bonchev–Trinajstić information content (AvgIpc) is 3.26. The van der Waals surface area contributed by atoms with E-state index >= 15 is 0 Å². The van der Waals surface area contributed by atoms with Gasteiger partial charge in [0, 0.05) is 18.4 Å². The summed E-state index contributed by atoms with van der Waals surface area (Å²) in [4.78, 5) is 11.8. The number of aliphatic hydroxyl groups excluding tert-OH is 1. The number of alkyl halides is 2. The van der Waals surface area contributed by atoms with E-state index in [-0.39, 0.29) is 23.8 Å². The van der Waals surface area contributed by atoms with Crippen LogP contribution < -0.4 is 5.32 Å². The lowest BCUT2D eigenvalue weighted by molar-refractivity contribution is -0.142. The van der Waals surface area contributed by atoms with Gasteiger partial charge >= 0.3 is 6.09 Å². The summed E-state index contributed by atoms with van der Waals surface area (Å²) in [5.41, 5.74) is -1.51. The van der Waals surface area contributed by atoms with E-state index in [1.54, 1.807) is 0 Å². The van der Waals surface area contributed by atoms with Crippen molar-refractivity contribution in [2.24, 2.45) is 5.92 Å². The number of rotatable bonds is 2. The quantitative estimate of drug-likeness (QED) is 0.826. The molecule has 1 atom stereocenters. The molecular formula is C16H15F2NO3. The number of benzene rings is 1. The summed E-state index contributed by atoms with van der Waals surface area (Å²) in [7, 11) is 0. The van der Waals surface area contributed by atoms with E-state index in [0.29, 0.717) is 12.5 Å². The summed E-state index contributed by atoms with van der Waals surface area (Å²) in [6.07, 6.45) is 0.774. The Morgan fingerprint density at radius 2 is 2.23 bits per heavy atom. The number of nitrogens with one attached hydrogen (secondary N) is 1. The molecule has 116 valence electrons. The molecule has 1 heterocycles. The number of carbonyl (C=O) groups is 1. The van der Waals surface area contributed by atoms with Gasteiger partial charge in [-0.15, -0.1) is 0 Å². The van der Waals surface area contributed by atoms with Gasteiger partial charge in [0.2, 0.25) is 0 Å². The second-order valence-electron chi connectivity index (χ2n) is 5.67.